The zero-order valence-corrected chi connectivity index (χ0v) is 19.3. The van der Waals surface area contributed by atoms with Crippen molar-refractivity contribution in [2.45, 2.75) is 38.5 Å². The highest BCUT2D eigenvalue weighted by atomic mass is 32.2. The largest absolute Gasteiger partial charge is 0.376 e. The fourth-order valence-corrected chi connectivity index (χ4v) is 6.26. The topological polar surface area (TPSA) is 76.6 Å². The number of aryl methyl sites for hydroxylation is 2. The maximum absolute atomic E-state index is 13.2. The van der Waals surface area contributed by atoms with Crippen LogP contribution >= 0.6 is 11.3 Å². The Hall–Kier alpha value is -2.29. The van der Waals surface area contributed by atoms with Crippen LogP contribution in [0.4, 0.5) is 5.13 Å². The summed E-state index contributed by atoms with van der Waals surface area (Å²) in [6.45, 7) is 4.98. The van der Waals surface area contributed by atoms with Crippen LogP contribution in [0.1, 0.15) is 29.5 Å². The van der Waals surface area contributed by atoms with Gasteiger partial charge in [0.1, 0.15) is 5.75 Å². The first-order chi connectivity index (χ1) is 14.8. The third-order valence-corrected chi connectivity index (χ3v) is 8.12. The van der Waals surface area contributed by atoms with Gasteiger partial charge >= 0.3 is 0 Å². The molecule has 1 amide bonds. The maximum atomic E-state index is 13.2. The van der Waals surface area contributed by atoms with E-state index in [1.165, 1.54) is 16.2 Å². The number of carbonyl (C=O) groups is 1. The summed E-state index contributed by atoms with van der Waals surface area (Å²) in [6, 6.07) is 13.0. The van der Waals surface area contributed by atoms with Crippen LogP contribution in [0.3, 0.4) is 0 Å². The van der Waals surface area contributed by atoms with E-state index in [-0.39, 0.29) is 11.9 Å². The fraction of sp³-hybridized carbons (Fsp3) is 0.391. The van der Waals surface area contributed by atoms with E-state index in [0.717, 1.165) is 34.2 Å². The molecule has 1 atom stereocenters. The minimum Gasteiger partial charge on any atom is -0.376 e. The summed E-state index contributed by atoms with van der Waals surface area (Å²) in [7, 11) is -3.62. The van der Waals surface area contributed by atoms with Gasteiger partial charge in [0.2, 0.25) is 5.91 Å². The molecule has 0 radical (unpaired) electrons. The number of aromatic nitrogens is 1. The second-order valence-corrected chi connectivity index (χ2v) is 11.1. The Morgan fingerprint density at radius 2 is 1.90 bits per heavy atom. The first-order valence-corrected chi connectivity index (χ1v) is 13.0. The Morgan fingerprint density at radius 1 is 1.16 bits per heavy atom. The lowest BCUT2D eigenvalue weighted by atomic mass is 10.1. The summed E-state index contributed by atoms with van der Waals surface area (Å²) in [5, 5.41) is 0.530. The molecule has 8 heteroatoms. The van der Waals surface area contributed by atoms with Gasteiger partial charge in [-0.05, 0) is 43.4 Å². The molecular weight excluding hydrogens is 432 g/mol. The van der Waals surface area contributed by atoms with Crippen molar-refractivity contribution in [1.82, 2.24) is 4.98 Å². The second kappa shape index (κ2) is 9.06. The first-order valence-electron chi connectivity index (χ1n) is 10.4. The summed E-state index contributed by atoms with van der Waals surface area (Å²) >= 11 is 1.43. The van der Waals surface area contributed by atoms with Crippen molar-refractivity contribution in [2.75, 3.05) is 23.8 Å². The number of thiazole rings is 1. The fourth-order valence-electron chi connectivity index (χ4n) is 3.79. The van der Waals surface area contributed by atoms with E-state index in [2.05, 4.69) is 0 Å². The average molecular weight is 459 g/mol. The van der Waals surface area contributed by atoms with Crippen LogP contribution in [0.15, 0.2) is 42.5 Å². The standard InChI is InChI=1S/C23H26N2O4S2/c1-16-10-11-17(2)22-21(16)24-23(30-22)25(13-19-9-6-12-29-19)20(26)15-31(27,28)14-18-7-4-3-5-8-18/h3-5,7-8,10-11,19H,6,9,12-15H2,1-2H3. The lowest BCUT2D eigenvalue weighted by Crippen LogP contribution is -2.41. The molecular formula is C23H26N2O4S2. The Labute approximate surface area is 186 Å². The zero-order valence-electron chi connectivity index (χ0n) is 17.7. The Balaban J connectivity index is 1.62. The molecule has 1 unspecified atom stereocenters. The summed E-state index contributed by atoms with van der Waals surface area (Å²) in [6.07, 6.45) is 1.69. The van der Waals surface area contributed by atoms with Gasteiger partial charge in [0.25, 0.3) is 0 Å². The molecule has 0 saturated carbocycles. The van der Waals surface area contributed by atoms with Crippen LogP contribution in [0.2, 0.25) is 0 Å². The highest BCUT2D eigenvalue weighted by molar-refractivity contribution is 7.91. The van der Waals surface area contributed by atoms with Gasteiger partial charge in [0, 0.05) is 6.61 Å². The molecule has 0 bridgehead atoms. The number of carbonyl (C=O) groups excluding carboxylic acids is 1. The van der Waals surface area contributed by atoms with Gasteiger partial charge < -0.3 is 4.74 Å². The lowest BCUT2D eigenvalue weighted by molar-refractivity contribution is -0.116. The van der Waals surface area contributed by atoms with Gasteiger partial charge in [-0.25, -0.2) is 13.4 Å². The monoisotopic (exact) mass is 458 g/mol. The molecule has 164 valence electrons. The van der Waals surface area contributed by atoms with Crippen molar-refractivity contribution in [3.8, 4) is 0 Å². The van der Waals surface area contributed by atoms with Gasteiger partial charge in [-0.3, -0.25) is 9.69 Å². The molecule has 1 aromatic heterocycles. The van der Waals surface area contributed by atoms with Crippen LogP contribution in [-0.2, 0) is 25.1 Å². The third-order valence-electron chi connectivity index (χ3n) is 5.45. The molecule has 0 spiro atoms. The van der Waals surface area contributed by atoms with Gasteiger partial charge in [0.15, 0.2) is 15.0 Å². The SMILES string of the molecule is Cc1ccc(C)c2sc(N(CC3CCCO3)C(=O)CS(=O)(=O)Cc3ccccc3)nc12. The molecule has 1 saturated heterocycles. The summed E-state index contributed by atoms with van der Waals surface area (Å²) in [5.74, 6) is -1.17. The highest BCUT2D eigenvalue weighted by Crippen LogP contribution is 2.34. The van der Waals surface area contributed by atoms with E-state index >= 15 is 0 Å². The molecule has 31 heavy (non-hydrogen) atoms. The number of anilines is 1. The van der Waals surface area contributed by atoms with Crippen LogP contribution < -0.4 is 4.90 Å². The van der Waals surface area contributed by atoms with Crippen LogP contribution in [0.25, 0.3) is 10.2 Å². The highest BCUT2D eigenvalue weighted by Gasteiger charge is 2.29. The number of hydrogen-bond acceptors (Lipinski definition) is 6. The van der Waals surface area contributed by atoms with Crippen molar-refractivity contribution in [3.05, 3.63) is 59.2 Å². The molecule has 0 aliphatic carbocycles. The molecule has 3 aromatic rings. The molecule has 4 rings (SSSR count). The van der Waals surface area contributed by atoms with E-state index in [9.17, 15) is 13.2 Å². The van der Waals surface area contributed by atoms with Crippen molar-refractivity contribution in [3.63, 3.8) is 0 Å². The van der Waals surface area contributed by atoms with E-state index in [0.29, 0.717) is 23.8 Å². The van der Waals surface area contributed by atoms with Crippen molar-refractivity contribution in [2.24, 2.45) is 0 Å². The van der Waals surface area contributed by atoms with Gasteiger partial charge in [0.05, 0.1) is 28.6 Å². The number of ether oxygens (including phenoxy) is 1. The Bertz CT molecular complexity index is 1140. The number of sulfone groups is 1. The number of hydrogen-bond donors (Lipinski definition) is 0. The second-order valence-electron chi connectivity index (χ2n) is 8.03. The van der Waals surface area contributed by atoms with Crippen molar-refractivity contribution < 1.29 is 17.9 Å². The molecule has 2 heterocycles. The number of amides is 1. The summed E-state index contributed by atoms with van der Waals surface area (Å²) < 4.78 is 32.3. The molecule has 6 nitrogen and oxygen atoms in total. The van der Waals surface area contributed by atoms with Gasteiger partial charge in [-0.2, -0.15) is 0 Å². The van der Waals surface area contributed by atoms with E-state index in [1.54, 1.807) is 24.3 Å². The van der Waals surface area contributed by atoms with Crippen LogP contribution in [0.5, 0.6) is 0 Å². The van der Waals surface area contributed by atoms with Crippen molar-refractivity contribution in [1.29, 1.82) is 0 Å². The van der Waals surface area contributed by atoms with Crippen molar-refractivity contribution >= 4 is 42.4 Å². The predicted molar refractivity (Wildman–Crippen MR) is 124 cm³/mol. The molecule has 1 fully saturated rings. The van der Waals surface area contributed by atoms with E-state index in [1.807, 2.05) is 32.0 Å². The number of benzene rings is 2. The van der Waals surface area contributed by atoms with E-state index in [4.69, 9.17) is 9.72 Å². The van der Waals surface area contributed by atoms with Crippen LogP contribution in [-0.4, -0.2) is 44.3 Å². The molecule has 2 aromatic carbocycles. The normalized spacial score (nSPS) is 16.6. The number of fused-ring (bicyclic) bond motifs is 1. The smallest absolute Gasteiger partial charge is 0.244 e. The molecule has 1 aliphatic rings. The first kappa shape index (κ1) is 21.9. The lowest BCUT2D eigenvalue weighted by Gasteiger charge is -2.23. The Morgan fingerprint density at radius 3 is 2.58 bits per heavy atom. The minimum absolute atomic E-state index is 0.102. The summed E-state index contributed by atoms with van der Waals surface area (Å²) in [4.78, 5) is 19.5. The quantitative estimate of drug-likeness (QED) is 0.534. The van der Waals surface area contributed by atoms with Gasteiger partial charge in [-0.15, -0.1) is 0 Å². The van der Waals surface area contributed by atoms with E-state index < -0.39 is 21.5 Å². The number of rotatable bonds is 7. The number of nitrogens with zero attached hydrogens (tertiary/aromatic N) is 2. The van der Waals surface area contributed by atoms with Crippen LogP contribution in [0, 0.1) is 13.8 Å². The molecule has 0 N–H and O–H groups in total. The minimum atomic E-state index is -3.62. The maximum Gasteiger partial charge on any atom is 0.244 e. The predicted octanol–water partition coefficient (Wildman–Crippen LogP) is 4.04. The average Bonchev–Trinajstić information content (AvgIpc) is 3.39. The summed E-state index contributed by atoms with van der Waals surface area (Å²) in [5.41, 5.74) is 3.65. The zero-order chi connectivity index (χ0) is 22.0. The molecule has 1 aliphatic heterocycles. The third kappa shape index (κ3) is 5.14. The van der Waals surface area contributed by atoms with Gasteiger partial charge in [-0.1, -0.05) is 53.8 Å². The Kier molecular flexibility index (Phi) is 6.41.